The van der Waals surface area contributed by atoms with Crippen molar-refractivity contribution < 1.29 is 4.74 Å². The highest BCUT2D eigenvalue weighted by Crippen LogP contribution is 2.69. The third-order valence-electron chi connectivity index (χ3n) is 5.69. The highest BCUT2D eigenvalue weighted by atomic mass is 79.9. The van der Waals surface area contributed by atoms with Gasteiger partial charge in [0, 0.05) is 10.5 Å². The molecule has 0 radical (unpaired) electrons. The van der Waals surface area contributed by atoms with E-state index in [9.17, 15) is 0 Å². The van der Waals surface area contributed by atoms with Crippen LogP contribution in [0.2, 0.25) is 0 Å². The van der Waals surface area contributed by atoms with Crippen LogP contribution in [0, 0.1) is 16.7 Å². The molecule has 2 nitrogen and oxygen atoms in total. The smallest absolute Gasteiger partial charge is 0.119 e. The topological polar surface area (TPSA) is 21.3 Å². The summed E-state index contributed by atoms with van der Waals surface area (Å²) in [7, 11) is 1.72. The number of ether oxygens (including phenoxy) is 1. The van der Waals surface area contributed by atoms with Gasteiger partial charge in [-0.2, -0.15) is 0 Å². The number of rotatable bonds is 6. The number of nitrogens with one attached hydrogen (secondary N) is 1. The van der Waals surface area contributed by atoms with Crippen molar-refractivity contribution >= 4 is 15.9 Å². The van der Waals surface area contributed by atoms with Gasteiger partial charge in [0.05, 0.1) is 7.11 Å². The van der Waals surface area contributed by atoms with Crippen molar-refractivity contribution in [1.82, 2.24) is 5.32 Å². The van der Waals surface area contributed by atoms with Gasteiger partial charge in [-0.25, -0.2) is 0 Å². The Bertz CT molecular complexity index is 496. The fourth-order valence-electron chi connectivity index (χ4n) is 3.89. The van der Waals surface area contributed by atoms with Gasteiger partial charge in [-0.15, -0.1) is 0 Å². The normalized spacial score (nSPS) is 21.1. The van der Waals surface area contributed by atoms with Crippen LogP contribution in [0.25, 0.3) is 0 Å². The first-order valence-electron chi connectivity index (χ1n) is 7.81. The summed E-state index contributed by atoms with van der Waals surface area (Å²) in [5, 5.41) is 3.71. The van der Waals surface area contributed by atoms with Crippen molar-refractivity contribution in [2.45, 2.75) is 47.1 Å². The minimum absolute atomic E-state index is 0.394. The van der Waals surface area contributed by atoms with Crippen molar-refractivity contribution in [2.24, 2.45) is 16.7 Å². The Morgan fingerprint density at radius 3 is 2.33 bits per heavy atom. The molecule has 1 unspecified atom stereocenters. The van der Waals surface area contributed by atoms with E-state index in [0.29, 0.717) is 22.8 Å². The highest BCUT2D eigenvalue weighted by molar-refractivity contribution is 9.10. The van der Waals surface area contributed by atoms with Gasteiger partial charge in [-0.3, -0.25) is 0 Å². The van der Waals surface area contributed by atoms with Gasteiger partial charge in [0.15, 0.2) is 0 Å². The van der Waals surface area contributed by atoms with Crippen LogP contribution in [0.4, 0.5) is 0 Å². The zero-order valence-electron chi connectivity index (χ0n) is 14.1. The van der Waals surface area contributed by atoms with Crippen LogP contribution in [0.15, 0.2) is 22.7 Å². The third kappa shape index (κ3) is 3.00. The molecule has 0 saturated heterocycles. The summed E-state index contributed by atoms with van der Waals surface area (Å²) in [5.74, 6) is 1.63. The first kappa shape index (κ1) is 16.8. The van der Waals surface area contributed by atoms with E-state index in [2.05, 4.69) is 68.0 Å². The van der Waals surface area contributed by atoms with Crippen molar-refractivity contribution in [1.29, 1.82) is 0 Å². The maximum Gasteiger partial charge on any atom is 0.119 e. The second-order valence-corrected chi connectivity index (χ2v) is 8.10. The van der Waals surface area contributed by atoms with E-state index in [0.717, 1.165) is 18.7 Å². The average molecular weight is 354 g/mol. The maximum absolute atomic E-state index is 5.37. The molecule has 1 fully saturated rings. The molecular weight excluding hydrogens is 326 g/mol. The molecule has 1 aromatic carbocycles. The Morgan fingerprint density at radius 1 is 1.24 bits per heavy atom. The summed E-state index contributed by atoms with van der Waals surface area (Å²) in [6, 6.07) is 6.74. The molecular formula is C18H28BrNO. The maximum atomic E-state index is 5.37. The van der Waals surface area contributed by atoms with Crippen LogP contribution in [-0.2, 0) is 6.42 Å². The minimum atomic E-state index is 0.394. The molecule has 1 aliphatic rings. The molecule has 2 rings (SSSR count). The highest BCUT2D eigenvalue weighted by Gasteiger charge is 2.66. The quantitative estimate of drug-likeness (QED) is 0.802. The predicted octanol–water partition coefficient (Wildman–Crippen LogP) is 4.66. The second-order valence-electron chi connectivity index (χ2n) is 7.25. The fourth-order valence-corrected chi connectivity index (χ4v) is 4.30. The van der Waals surface area contributed by atoms with Crippen LogP contribution in [-0.4, -0.2) is 19.7 Å². The van der Waals surface area contributed by atoms with E-state index >= 15 is 0 Å². The van der Waals surface area contributed by atoms with Crippen LogP contribution < -0.4 is 10.1 Å². The SMILES string of the molecule is CCNC(Cc1cc(OC)ccc1Br)C1C(C)(C)C1(C)C. The largest absolute Gasteiger partial charge is 0.497 e. The Hall–Kier alpha value is -0.540. The number of likely N-dealkylation sites (N-methyl/N-ethyl adjacent to an activating group) is 1. The van der Waals surface area contributed by atoms with Crippen LogP contribution >= 0.6 is 15.9 Å². The molecule has 118 valence electrons. The van der Waals surface area contributed by atoms with Crippen molar-refractivity contribution in [3.8, 4) is 5.75 Å². The summed E-state index contributed by atoms with van der Waals surface area (Å²) in [6.45, 7) is 12.8. The van der Waals surface area contributed by atoms with Crippen molar-refractivity contribution in [3.05, 3.63) is 28.2 Å². The summed E-state index contributed by atoms with van der Waals surface area (Å²) in [6.07, 6.45) is 1.03. The van der Waals surface area contributed by atoms with Crippen LogP contribution in [0.1, 0.15) is 40.2 Å². The molecule has 0 aliphatic heterocycles. The molecule has 1 N–H and O–H groups in total. The van der Waals surface area contributed by atoms with Gasteiger partial charge in [-0.1, -0.05) is 50.5 Å². The van der Waals surface area contributed by atoms with E-state index in [1.165, 1.54) is 10.0 Å². The molecule has 1 aliphatic carbocycles. The van der Waals surface area contributed by atoms with Crippen molar-refractivity contribution in [2.75, 3.05) is 13.7 Å². The molecule has 0 heterocycles. The van der Waals surface area contributed by atoms with Gasteiger partial charge in [-0.05, 0) is 53.5 Å². The first-order chi connectivity index (χ1) is 9.75. The molecule has 0 bridgehead atoms. The predicted molar refractivity (Wildman–Crippen MR) is 92.9 cm³/mol. The average Bonchev–Trinajstić information content (AvgIpc) is 2.82. The summed E-state index contributed by atoms with van der Waals surface area (Å²) in [5.41, 5.74) is 2.11. The van der Waals surface area contributed by atoms with Gasteiger partial charge in [0.1, 0.15) is 5.75 Å². The zero-order chi connectivity index (χ0) is 15.8. The van der Waals surface area contributed by atoms with E-state index in [-0.39, 0.29) is 0 Å². The lowest BCUT2D eigenvalue weighted by atomic mass is 9.96. The molecule has 1 saturated carbocycles. The lowest BCUT2D eigenvalue weighted by Crippen LogP contribution is -2.35. The van der Waals surface area contributed by atoms with E-state index < -0.39 is 0 Å². The van der Waals surface area contributed by atoms with Gasteiger partial charge in [0.25, 0.3) is 0 Å². The van der Waals surface area contributed by atoms with E-state index in [4.69, 9.17) is 4.74 Å². The number of benzene rings is 1. The standard InChI is InChI=1S/C18H28BrNO/c1-7-20-15(16-17(2,3)18(16,4)5)11-12-10-13(21-6)8-9-14(12)19/h8-10,15-16,20H,7,11H2,1-6H3. The van der Waals surface area contributed by atoms with Gasteiger partial charge in [0.2, 0.25) is 0 Å². The van der Waals surface area contributed by atoms with Gasteiger partial charge >= 0.3 is 0 Å². The number of methoxy groups -OCH3 is 1. The third-order valence-corrected chi connectivity index (χ3v) is 6.47. The monoisotopic (exact) mass is 353 g/mol. The second kappa shape index (κ2) is 5.92. The van der Waals surface area contributed by atoms with Crippen LogP contribution in [0.3, 0.4) is 0 Å². The molecule has 0 spiro atoms. The van der Waals surface area contributed by atoms with Crippen LogP contribution in [0.5, 0.6) is 5.75 Å². The Labute approximate surface area is 137 Å². The molecule has 0 amide bonds. The molecule has 3 heteroatoms. The summed E-state index contributed by atoms with van der Waals surface area (Å²) in [4.78, 5) is 0. The van der Waals surface area contributed by atoms with E-state index in [1.54, 1.807) is 7.11 Å². The Morgan fingerprint density at radius 2 is 1.86 bits per heavy atom. The summed E-state index contributed by atoms with van der Waals surface area (Å²) >= 11 is 3.68. The molecule has 21 heavy (non-hydrogen) atoms. The fraction of sp³-hybridized carbons (Fsp3) is 0.667. The van der Waals surface area contributed by atoms with Gasteiger partial charge < -0.3 is 10.1 Å². The first-order valence-corrected chi connectivity index (χ1v) is 8.60. The Kier molecular flexibility index (Phi) is 4.75. The van der Waals surface area contributed by atoms with Crippen molar-refractivity contribution in [3.63, 3.8) is 0 Å². The van der Waals surface area contributed by atoms with E-state index in [1.807, 2.05) is 6.07 Å². The zero-order valence-corrected chi connectivity index (χ0v) is 15.7. The number of hydrogen-bond acceptors (Lipinski definition) is 2. The summed E-state index contributed by atoms with van der Waals surface area (Å²) < 4.78 is 6.54. The number of hydrogen-bond donors (Lipinski definition) is 1. The minimum Gasteiger partial charge on any atom is -0.497 e. The molecule has 0 aromatic heterocycles. The lowest BCUT2D eigenvalue weighted by Gasteiger charge is -2.21. The number of halogens is 1. The Balaban J connectivity index is 2.22. The lowest BCUT2D eigenvalue weighted by molar-refractivity contribution is 0.398. The molecule has 1 aromatic rings. The molecule has 1 atom stereocenters.